The number of carbonyl (C=O) groups is 2. The van der Waals surface area contributed by atoms with E-state index in [0.29, 0.717) is 24.5 Å². The highest BCUT2D eigenvalue weighted by molar-refractivity contribution is 6.03. The molecule has 0 spiro atoms. The van der Waals surface area contributed by atoms with E-state index in [2.05, 4.69) is 20.8 Å². The van der Waals surface area contributed by atoms with Crippen LogP contribution in [0.25, 0.3) is 0 Å². The summed E-state index contributed by atoms with van der Waals surface area (Å²) >= 11 is 0. The van der Waals surface area contributed by atoms with Gasteiger partial charge in [-0.2, -0.15) is 5.10 Å². The number of aromatic amines is 1. The zero-order valence-electron chi connectivity index (χ0n) is 10.6. The van der Waals surface area contributed by atoms with E-state index >= 15 is 0 Å². The van der Waals surface area contributed by atoms with Crippen molar-refractivity contribution in [3.05, 3.63) is 42.2 Å². The van der Waals surface area contributed by atoms with Crippen LogP contribution in [0.3, 0.4) is 0 Å². The van der Waals surface area contributed by atoms with Gasteiger partial charge in [0.1, 0.15) is 5.69 Å². The number of nitrogens with zero attached hydrogens (tertiary/aromatic N) is 2. The van der Waals surface area contributed by atoms with E-state index in [9.17, 15) is 9.59 Å². The molecular formula is C13H13N5O2. The molecule has 7 heteroatoms. The number of aromatic nitrogens is 2. The fraction of sp³-hybridized carbons (Fsp3) is 0.154. The second-order valence-corrected chi connectivity index (χ2v) is 4.35. The largest absolute Gasteiger partial charge is 0.336 e. The van der Waals surface area contributed by atoms with E-state index < -0.39 is 0 Å². The Morgan fingerprint density at radius 1 is 1.25 bits per heavy atom. The molecule has 20 heavy (non-hydrogen) atoms. The van der Waals surface area contributed by atoms with Crippen LogP contribution in [0.15, 0.2) is 36.5 Å². The van der Waals surface area contributed by atoms with Gasteiger partial charge in [-0.25, -0.2) is 4.79 Å². The van der Waals surface area contributed by atoms with Gasteiger partial charge in [-0.3, -0.25) is 14.8 Å². The molecule has 2 heterocycles. The van der Waals surface area contributed by atoms with Gasteiger partial charge < -0.3 is 10.6 Å². The highest BCUT2D eigenvalue weighted by Crippen LogP contribution is 2.19. The van der Waals surface area contributed by atoms with E-state index in [1.165, 1.54) is 6.20 Å². The molecule has 0 bridgehead atoms. The number of rotatable bonds is 3. The highest BCUT2D eigenvalue weighted by Gasteiger charge is 2.20. The monoisotopic (exact) mass is 271 g/mol. The van der Waals surface area contributed by atoms with E-state index in [1.54, 1.807) is 35.2 Å². The molecule has 0 radical (unpaired) electrons. The minimum absolute atomic E-state index is 0.0979. The van der Waals surface area contributed by atoms with Crippen LogP contribution in [0.1, 0.15) is 10.5 Å². The number of hydrogen-bond donors (Lipinski definition) is 3. The van der Waals surface area contributed by atoms with Gasteiger partial charge in [-0.15, -0.1) is 0 Å². The fourth-order valence-corrected chi connectivity index (χ4v) is 2.02. The predicted octanol–water partition coefficient (Wildman–Crippen LogP) is 1.19. The Bertz CT molecular complexity index is 621. The van der Waals surface area contributed by atoms with Crippen molar-refractivity contribution < 1.29 is 9.59 Å². The van der Waals surface area contributed by atoms with Crippen molar-refractivity contribution in [3.8, 4) is 0 Å². The lowest BCUT2D eigenvalue weighted by Crippen LogP contribution is -2.27. The van der Waals surface area contributed by atoms with Crippen LogP contribution in [-0.2, 0) is 0 Å². The Labute approximate surface area is 115 Å². The summed E-state index contributed by atoms with van der Waals surface area (Å²) in [7, 11) is 0. The van der Waals surface area contributed by atoms with Crippen molar-refractivity contribution in [3.63, 3.8) is 0 Å². The number of urea groups is 1. The molecule has 3 amide bonds. The summed E-state index contributed by atoms with van der Waals surface area (Å²) < 4.78 is 0. The summed E-state index contributed by atoms with van der Waals surface area (Å²) in [6.07, 6.45) is 1.52. The first-order valence-electron chi connectivity index (χ1n) is 6.20. The van der Waals surface area contributed by atoms with E-state index in [4.69, 9.17) is 0 Å². The van der Waals surface area contributed by atoms with Gasteiger partial charge in [0.05, 0.1) is 0 Å². The first-order chi connectivity index (χ1) is 9.74. The Morgan fingerprint density at radius 3 is 2.65 bits per heavy atom. The quantitative estimate of drug-likeness (QED) is 0.783. The third-order valence-electron chi connectivity index (χ3n) is 3.04. The number of carbonyl (C=O) groups excluding carboxylic acids is 2. The predicted molar refractivity (Wildman–Crippen MR) is 73.7 cm³/mol. The van der Waals surface area contributed by atoms with Crippen molar-refractivity contribution in [1.29, 1.82) is 0 Å². The van der Waals surface area contributed by atoms with Crippen LogP contribution in [0, 0.1) is 0 Å². The highest BCUT2D eigenvalue weighted by atomic mass is 16.2. The Kier molecular flexibility index (Phi) is 3.08. The molecule has 3 N–H and O–H groups in total. The van der Waals surface area contributed by atoms with Gasteiger partial charge in [-0.1, -0.05) is 0 Å². The Morgan fingerprint density at radius 2 is 2.05 bits per heavy atom. The number of amides is 3. The van der Waals surface area contributed by atoms with Crippen molar-refractivity contribution in [2.45, 2.75) is 0 Å². The maximum atomic E-state index is 11.8. The second-order valence-electron chi connectivity index (χ2n) is 4.35. The van der Waals surface area contributed by atoms with Crippen molar-refractivity contribution in [2.75, 3.05) is 23.3 Å². The molecule has 102 valence electrons. The van der Waals surface area contributed by atoms with E-state index in [-0.39, 0.29) is 11.9 Å². The molecule has 0 saturated carbocycles. The van der Waals surface area contributed by atoms with E-state index in [0.717, 1.165) is 5.69 Å². The summed E-state index contributed by atoms with van der Waals surface area (Å²) in [5, 5.41) is 11.8. The zero-order chi connectivity index (χ0) is 13.9. The first kappa shape index (κ1) is 12.2. The molecule has 0 atom stereocenters. The lowest BCUT2D eigenvalue weighted by atomic mass is 10.2. The molecule has 3 rings (SSSR count). The van der Waals surface area contributed by atoms with Crippen molar-refractivity contribution in [2.24, 2.45) is 0 Å². The van der Waals surface area contributed by atoms with Gasteiger partial charge in [0.2, 0.25) is 0 Å². The Balaban J connectivity index is 1.70. The van der Waals surface area contributed by atoms with Crippen LogP contribution < -0.4 is 15.5 Å². The van der Waals surface area contributed by atoms with Gasteiger partial charge in [-0.05, 0) is 30.3 Å². The summed E-state index contributed by atoms with van der Waals surface area (Å²) in [5.74, 6) is -0.255. The summed E-state index contributed by atoms with van der Waals surface area (Å²) in [4.78, 5) is 25.0. The number of nitrogens with one attached hydrogen (secondary N) is 3. The normalized spacial score (nSPS) is 14.2. The number of benzene rings is 1. The minimum atomic E-state index is -0.255. The van der Waals surface area contributed by atoms with Crippen LogP contribution in [0.2, 0.25) is 0 Å². The summed E-state index contributed by atoms with van der Waals surface area (Å²) in [6.45, 7) is 1.30. The average molecular weight is 271 g/mol. The molecule has 1 aliphatic heterocycles. The Hall–Kier alpha value is -2.83. The molecule has 1 aromatic heterocycles. The summed E-state index contributed by atoms with van der Waals surface area (Å²) in [5.41, 5.74) is 1.86. The molecule has 1 saturated heterocycles. The minimum Gasteiger partial charge on any atom is -0.336 e. The van der Waals surface area contributed by atoms with Crippen LogP contribution in [-0.4, -0.2) is 35.2 Å². The topological polar surface area (TPSA) is 90.1 Å². The van der Waals surface area contributed by atoms with Crippen LogP contribution in [0.5, 0.6) is 0 Å². The lowest BCUT2D eigenvalue weighted by Gasteiger charge is -2.14. The first-order valence-corrected chi connectivity index (χ1v) is 6.20. The fourth-order valence-electron chi connectivity index (χ4n) is 2.02. The second kappa shape index (κ2) is 5.04. The molecule has 7 nitrogen and oxygen atoms in total. The standard InChI is InChI=1S/C13H13N5O2/c19-12(11-5-6-15-17-11)16-9-1-3-10(4-2-9)18-8-7-14-13(18)20/h1-6H,7-8H2,(H,14,20)(H,15,17)(H,16,19). The number of anilines is 2. The third-order valence-corrected chi connectivity index (χ3v) is 3.04. The third kappa shape index (κ3) is 2.33. The zero-order valence-corrected chi connectivity index (χ0v) is 10.6. The van der Waals surface area contributed by atoms with E-state index in [1.807, 2.05) is 0 Å². The smallest absolute Gasteiger partial charge is 0.321 e. The maximum Gasteiger partial charge on any atom is 0.321 e. The van der Waals surface area contributed by atoms with Gasteiger partial charge >= 0.3 is 6.03 Å². The molecule has 1 fully saturated rings. The van der Waals surface area contributed by atoms with Crippen LogP contribution >= 0.6 is 0 Å². The van der Waals surface area contributed by atoms with Crippen molar-refractivity contribution in [1.82, 2.24) is 15.5 Å². The molecule has 0 unspecified atom stereocenters. The molecule has 1 aliphatic rings. The van der Waals surface area contributed by atoms with Gasteiger partial charge in [0.15, 0.2) is 0 Å². The van der Waals surface area contributed by atoms with Crippen LogP contribution in [0.4, 0.5) is 16.2 Å². The molecule has 0 aliphatic carbocycles. The SMILES string of the molecule is O=C(Nc1ccc(N2CCNC2=O)cc1)c1ccn[nH]1. The number of hydrogen-bond acceptors (Lipinski definition) is 3. The molecular weight excluding hydrogens is 258 g/mol. The van der Waals surface area contributed by atoms with Gasteiger partial charge in [0.25, 0.3) is 5.91 Å². The lowest BCUT2D eigenvalue weighted by molar-refractivity contribution is 0.102. The molecule has 1 aromatic carbocycles. The molecule has 2 aromatic rings. The van der Waals surface area contributed by atoms with Crippen molar-refractivity contribution >= 4 is 23.3 Å². The average Bonchev–Trinajstić information content (AvgIpc) is 3.11. The maximum absolute atomic E-state index is 11.8. The number of H-pyrrole nitrogens is 1. The summed E-state index contributed by atoms with van der Waals surface area (Å²) in [6, 6.07) is 8.61. The van der Waals surface area contributed by atoms with Gasteiger partial charge in [0, 0.05) is 30.7 Å².